The molecule has 0 aromatic rings. The van der Waals surface area contributed by atoms with Crippen molar-refractivity contribution < 1.29 is 4.79 Å². The van der Waals surface area contributed by atoms with Crippen molar-refractivity contribution in [2.24, 2.45) is 0 Å². The van der Waals surface area contributed by atoms with Gasteiger partial charge in [-0.25, -0.2) is 0 Å². The van der Waals surface area contributed by atoms with Crippen LogP contribution in [0.2, 0.25) is 0 Å². The summed E-state index contributed by atoms with van der Waals surface area (Å²) in [6.07, 6.45) is 3.70. The number of amides is 1. The van der Waals surface area contributed by atoms with E-state index in [0.717, 1.165) is 25.4 Å². The summed E-state index contributed by atoms with van der Waals surface area (Å²) < 4.78 is 0. The van der Waals surface area contributed by atoms with Crippen LogP contribution in [0.4, 0.5) is 0 Å². The quantitative estimate of drug-likeness (QED) is 0.588. The van der Waals surface area contributed by atoms with E-state index in [2.05, 4.69) is 19.2 Å². The van der Waals surface area contributed by atoms with Crippen LogP contribution in [0.3, 0.4) is 0 Å². The van der Waals surface area contributed by atoms with Crippen molar-refractivity contribution in [1.82, 2.24) is 10.2 Å². The SMILES string of the molecule is CCNC(C)CCCCSCC(=O)N(CC)CC. The Morgan fingerprint density at radius 3 is 2.44 bits per heavy atom. The van der Waals surface area contributed by atoms with E-state index < -0.39 is 0 Å². The summed E-state index contributed by atoms with van der Waals surface area (Å²) in [4.78, 5) is 13.6. The van der Waals surface area contributed by atoms with Crippen molar-refractivity contribution in [2.75, 3.05) is 31.1 Å². The first-order valence-electron chi connectivity index (χ1n) is 7.24. The molecule has 0 aromatic heterocycles. The van der Waals surface area contributed by atoms with Crippen LogP contribution in [0.15, 0.2) is 0 Å². The second kappa shape index (κ2) is 11.8. The Morgan fingerprint density at radius 1 is 1.22 bits per heavy atom. The molecule has 0 spiro atoms. The molecule has 3 nitrogen and oxygen atoms in total. The highest BCUT2D eigenvalue weighted by Gasteiger charge is 2.08. The molecule has 0 saturated carbocycles. The van der Waals surface area contributed by atoms with Crippen LogP contribution in [-0.2, 0) is 4.79 Å². The molecule has 0 rings (SSSR count). The van der Waals surface area contributed by atoms with Crippen molar-refractivity contribution in [3.05, 3.63) is 0 Å². The average molecular weight is 274 g/mol. The monoisotopic (exact) mass is 274 g/mol. The van der Waals surface area contributed by atoms with E-state index in [1.807, 2.05) is 18.7 Å². The lowest BCUT2D eigenvalue weighted by Gasteiger charge is -2.18. The van der Waals surface area contributed by atoms with Crippen LogP contribution in [0.5, 0.6) is 0 Å². The Labute approximate surface area is 117 Å². The zero-order chi connectivity index (χ0) is 13.8. The maximum atomic E-state index is 11.7. The normalized spacial score (nSPS) is 12.4. The topological polar surface area (TPSA) is 32.3 Å². The molecule has 0 aliphatic heterocycles. The summed E-state index contributed by atoms with van der Waals surface area (Å²) in [6.45, 7) is 11.2. The maximum Gasteiger partial charge on any atom is 0.232 e. The van der Waals surface area contributed by atoms with Crippen LogP contribution in [0.1, 0.15) is 47.0 Å². The van der Waals surface area contributed by atoms with Crippen LogP contribution in [0, 0.1) is 0 Å². The Kier molecular flexibility index (Phi) is 11.7. The van der Waals surface area contributed by atoms with Gasteiger partial charge in [-0.05, 0) is 45.9 Å². The van der Waals surface area contributed by atoms with E-state index in [9.17, 15) is 4.79 Å². The van der Waals surface area contributed by atoms with E-state index >= 15 is 0 Å². The van der Waals surface area contributed by atoms with E-state index in [1.54, 1.807) is 11.8 Å². The third-order valence-electron chi connectivity index (χ3n) is 3.07. The van der Waals surface area contributed by atoms with Crippen molar-refractivity contribution in [2.45, 2.75) is 53.0 Å². The standard InChI is InChI=1S/C14H30N2OS/c1-5-15-13(4)10-8-9-11-18-12-14(17)16(6-2)7-3/h13,15H,5-12H2,1-4H3. The minimum absolute atomic E-state index is 0.283. The zero-order valence-corrected chi connectivity index (χ0v) is 13.3. The summed E-state index contributed by atoms with van der Waals surface area (Å²) in [5, 5.41) is 3.42. The van der Waals surface area contributed by atoms with Gasteiger partial charge in [0, 0.05) is 19.1 Å². The fourth-order valence-corrected chi connectivity index (χ4v) is 2.84. The molecular formula is C14H30N2OS. The molecule has 0 bridgehead atoms. The predicted molar refractivity (Wildman–Crippen MR) is 82.2 cm³/mol. The molecule has 1 unspecified atom stereocenters. The molecule has 1 amide bonds. The molecule has 0 heterocycles. The van der Waals surface area contributed by atoms with Gasteiger partial charge in [-0.3, -0.25) is 4.79 Å². The molecule has 0 aliphatic carbocycles. The number of carbonyl (C=O) groups excluding carboxylic acids is 1. The van der Waals surface area contributed by atoms with Gasteiger partial charge in [0.15, 0.2) is 0 Å². The first-order chi connectivity index (χ1) is 8.65. The Bertz CT molecular complexity index is 208. The zero-order valence-electron chi connectivity index (χ0n) is 12.5. The average Bonchev–Trinajstić information content (AvgIpc) is 2.35. The summed E-state index contributed by atoms with van der Waals surface area (Å²) in [6, 6.07) is 0.623. The highest BCUT2D eigenvalue weighted by atomic mass is 32.2. The third kappa shape index (κ3) is 8.81. The van der Waals surface area contributed by atoms with Gasteiger partial charge in [-0.1, -0.05) is 13.3 Å². The number of rotatable bonds is 11. The lowest BCUT2D eigenvalue weighted by atomic mass is 10.1. The van der Waals surface area contributed by atoms with Crippen LogP contribution in [-0.4, -0.2) is 48.0 Å². The molecule has 0 aromatic carbocycles. The molecule has 4 heteroatoms. The number of unbranched alkanes of at least 4 members (excludes halogenated alkanes) is 1. The first kappa shape index (κ1) is 17.8. The summed E-state index contributed by atoms with van der Waals surface area (Å²) in [5.74, 6) is 2.03. The summed E-state index contributed by atoms with van der Waals surface area (Å²) in [5.41, 5.74) is 0. The molecule has 18 heavy (non-hydrogen) atoms. The second-order valence-corrected chi connectivity index (χ2v) is 5.68. The molecular weight excluding hydrogens is 244 g/mol. The van der Waals surface area contributed by atoms with Gasteiger partial charge >= 0.3 is 0 Å². The van der Waals surface area contributed by atoms with E-state index in [0.29, 0.717) is 11.8 Å². The number of nitrogens with zero attached hydrogens (tertiary/aromatic N) is 1. The van der Waals surface area contributed by atoms with E-state index in [1.165, 1.54) is 19.3 Å². The fourth-order valence-electron chi connectivity index (χ4n) is 1.93. The van der Waals surface area contributed by atoms with Gasteiger partial charge in [-0.2, -0.15) is 11.8 Å². The maximum absolute atomic E-state index is 11.7. The van der Waals surface area contributed by atoms with Crippen LogP contribution in [0.25, 0.3) is 0 Å². The molecule has 0 aliphatic rings. The number of nitrogens with one attached hydrogen (secondary N) is 1. The molecule has 0 fully saturated rings. The highest BCUT2D eigenvalue weighted by Crippen LogP contribution is 2.09. The van der Waals surface area contributed by atoms with Gasteiger partial charge < -0.3 is 10.2 Å². The Morgan fingerprint density at radius 2 is 1.89 bits per heavy atom. The highest BCUT2D eigenvalue weighted by molar-refractivity contribution is 7.99. The van der Waals surface area contributed by atoms with E-state index in [-0.39, 0.29) is 5.91 Å². The summed E-state index contributed by atoms with van der Waals surface area (Å²) >= 11 is 1.77. The van der Waals surface area contributed by atoms with Gasteiger partial charge in [0.2, 0.25) is 5.91 Å². The summed E-state index contributed by atoms with van der Waals surface area (Å²) in [7, 11) is 0. The number of carbonyl (C=O) groups is 1. The van der Waals surface area contributed by atoms with Gasteiger partial charge in [-0.15, -0.1) is 0 Å². The van der Waals surface area contributed by atoms with Crippen molar-refractivity contribution >= 4 is 17.7 Å². The minimum Gasteiger partial charge on any atom is -0.343 e. The smallest absolute Gasteiger partial charge is 0.232 e. The number of hydrogen-bond acceptors (Lipinski definition) is 3. The third-order valence-corrected chi connectivity index (χ3v) is 4.10. The van der Waals surface area contributed by atoms with Crippen molar-refractivity contribution in [3.63, 3.8) is 0 Å². The van der Waals surface area contributed by atoms with Crippen molar-refractivity contribution in [3.8, 4) is 0 Å². The fraction of sp³-hybridized carbons (Fsp3) is 0.929. The predicted octanol–water partition coefficient (Wildman–Crippen LogP) is 2.76. The molecule has 0 saturated heterocycles. The lowest BCUT2D eigenvalue weighted by Crippen LogP contribution is -2.31. The van der Waals surface area contributed by atoms with Crippen LogP contribution < -0.4 is 5.32 Å². The second-order valence-electron chi connectivity index (χ2n) is 4.57. The first-order valence-corrected chi connectivity index (χ1v) is 8.39. The molecule has 1 atom stereocenters. The van der Waals surface area contributed by atoms with Gasteiger partial charge in [0.25, 0.3) is 0 Å². The number of thioether (sulfide) groups is 1. The van der Waals surface area contributed by atoms with Crippen molar-refractivity contribution in [1.29, 1.82) is 0 Å². The number of hydrogen-bond donors (Lipinski definition) is 1. The van der Waals surface area contributed by atoms with Gasteiger partial charge in [0.1, 0.15) is 0 Å². The Hall–Kier alpha value is -0.220. The minimum atomic E-state index is 0.283. The lowest BCUT2D eigenvalue weighted by molar-refractivity contribution is -0.127. The molecule has 0 radical (unpaired) electrons. The molecule has 1 N–H and O–H groups in total. The largest absolute Gasteiger partial charge is 0.343 e. The molecule has 108 valence electrons. The van der Waals surface area contributed by atoms with Crippen LogP contribution >= 0.6 is 11.8 Å². The van der Waals surface area contributed by atoms with Gasteiger partial charge in [0.05, 0.1) is 5.75 Å². The van der Waals surface area contributed by atoms with E-state index in [4.69, 9.17) is 0 Å². The Balaban J connectivity index is 3.42.